The van der Waals surface area contributed by atoms with Crippen molar-refractivity contribution in [3.05, 3.63) is 34.1 Å². The number of likely N-dealkylation sites (N-methyl/N-ethyl adjacent to an activating group) is 1. The van der Waals surface area contributed by atoms with Crippen molar-refractivity contribution in [1.29, 1.82) is 0 Å². The predicted octanol–water partition coefficient (Wildman–Crippen LogP) is 2.85. The van der Waals surface area contributed by atoms with Crippen LogP contribution in [-0.2, 0) is 16.0 Å². The number of nitrogens with one attached hydrogen (secondary N) is 1. The van der Waals surface area contributed by atoms with Gasteiger partial charge in [0.25, 0.3) is 0 Å². The minimum absolute atomic E-state index is 0.228. The van der Waals surface area contributed by atoms with Crippen LogP contribution in [0.2, 0.25) is 5.02 Å². The van der Waals surface area contributed by atoms with Gasteiger partial charge in [-0.15, -0.1) is 0 Å². The van der Waals surface area contributed by atoms with E-state index in [0.717, 1.165) is 6.29 Å². The normalized spacial score (nSPS) is 12.0. The number of aryl methyl sites for hydroxylation is 1. The van der Waals surface area contributed by atoms with Crippen LogP contribution in [0.5, 0.6) is 0 Å². The van der Waals surface area contributed by atoms with Crippen molar-refractivity contribution in [2.24, 2.45) is 0 Å². The zero-order valence-corrected chi connectivity index (χ0v) is 11.8. The number of benzene rings is 1. The Bertz CT molecular complexity index is 477. The van der Waals surface area contributed by atoms with Gasteiger partial charge in [0, 0.05) is 18.5 Å². The standard InChI is InChI=1S/C14H17ClFNO2/c1-3-9-7-12(15)11(8-13(9)16)10(5-4-6-18)14(19)17-2/h6-8,10H,3-5H2,1-2H3,(H,17,19). The molecular formula is C14H17ClFNO2. The van der Waals surface area contributed by atoms with E-state index in [9.17, 15) is 14.0 Å². The van der Waals surface area contributed by atoms with Gasteiger partial charge in [-0.05, 0) is 36.1 Å². The van der Waals surface area contributed by atoms with E-state index in [1.807, 2.05) is 6.92 Å². The van der Waals surface area contributed by atoms with Crippen molar-refractivity contribution in [1.82, 2.24) is 5.32 Å². The summed E-state index contributed by atoms with van der Waals surface area (Å²) in [5.74, 6) is -1.25. The molecular weight excluding hydrogens is 269 g/mol. The zero-order valence-electron chi connectivity index (χ0n) is 11.0. The number of rotatable bonds is 6. The van der Waals surface area contributed by atoms with E-state index < -0.39 is 5.92 Å². The Labute approximate surface area is 117 Å². The van der Waals surface area contributed by atoms with Crippen LogP contribution in [0.1, 0.15) is 36.8 Å². The van der Waals surface area contributed by atoms with Gasteiger partial charge in [-0.2, -0.15) is 0 Å². The van der Waals surface area contributed by atoms with Crippen molar-refractivity contribution >= 4 is 23.8 Å². The van der Waals surface area contributed by atoms with E-state index in [1.165, 1.54) is 13.1 Å². The number of carbonyl (C=O) groups is 2. The van der Waals surface area contributed by atoms with Crippen LogP contribution in [0, 0.1) is 5.82 Å². The highest BCUT2D eigenvalue weighted by atomic mass is 35.5. The minimum atomic E-state index is -0.608. The van der Waals surface area contributed by atoms with Gasteiger partial charge >= 0.3 is 0 Å². The lowest BCUT2D eigenvalue weighted by molar-refractivity contribution is -0.122. The molecule has 1 aromatic carbocycles. The highest BCUT2D eigenvalue weighted by Gasteiger charge is 2.23. The van der Waals surface area contributed by atoms with E-state index in [2.05, 4.69) is 5.32 Å². The van der Waals surface area contributed by atoms with Crippen LogP contribution in [0.3, 0.4) is 0 Å². The lowest BCUT2D eigenvalue weighted by atomic mass is 9.92. The second-order valence-electron chi connectivity index (χ2n) is 4.23. The van der Waals surface area contributed by atoms with Crippen molar-refractivity contribution in [2.45, 2.75) is 32.1 Å². The maximum absolute atomic E-state index is 13.8. The first-order chi connectivity index (χ1) is 9.04. The monoisotopic (exact) mass is 285 g/mol. The van der Waals surface area contributed by atoms with Gasteiger partial charge in [0.1, 0.15) is 12.1 Å². The molecule has 0 aliphatic carbocycles. The van der Waals surface area contributed by atoms with Crippen LogP contribution >= 0.6 is 11.6 Å². The van der Waals surface area contributed by atoms with Crippen LogP contribution in [0.25, 0.3) is 0 Å². The Morgan fingerprint density at radius 2 is 2.21 bits per heavy atom. The zero-order chi connectivity index (χ0) is 14.4. The molecule has 0 saturated heterocycles. The summed E-state index contributed by atoms with van der Waals surface area (Å²) >= 11 is 6.12. The molecule has 1 unspecified atom stereocenters. The van der Waals surface area contributed by atoms with Gasteiger partial charge in [-0.25, -0.2) is 4.39 Å². The maximum Gasteiger partial charge on any atom is 0.227 e. The summed E-state index contributed by atoms with van der Waals surface area (Å²) in [6, 6.07) is 2.84. The largest absolute Gasteiger partial charge is 0.359 e. The highest BCUT2D eigenvalue weighted by molar-refractivity contribution is 6.31. The van der Waals surface area contributed by atoms with E-state index in [1.54, 1.807) is 6.07 Å². The van der Waals surface area contributed by atoms with Crippen molar-refractivity contribution in [2.75, 3.05) is 7.05 Å². The van der Waals surface area contributed by atoms with Gasteiger partial charge in [0.15, 0.2) is 0 Å². The third-order valence-corrected chi connectivity index (χ3v) is 3.39. The molecule has 0 saturated carbocycles. The van der Waals surface area contributed by atoms with Crippen molar-refractivity contribution < 1.29 is 14.0 Å². The first-order valence-electron chi connectivity index (χ1n) is 6.18. The number of carbonyl (C=O) groups excluding carboxylic acids is 2. The predicted molar refractivity (Wildman–Crippen MR) is 72.9 cm³/mol. The first kappa shape index (κ1) is 15.6. The summed E-state index contributed by atoms with van der Waals surface area (Å²) in [5.41, 5.74) is 0.942. The van der Waals surface area contributed by atoms with Crippen LogP contribution in [0.15, 0.2) is 12.1 Å². The van der Waals surface area contributed by atoms with Gasteiger partial charge in [-0.3, -0.25) is 4.79 Å². The minimum Gasteiger partial charge on any atom is -0.359 e. The molecule has 0 radical (unpaired) electrons. The van der Waals surface area contributed by atoms with E-state index in [-0.39, 0.29) is 18.1 Å². The average molecular weight is 286 g/mol. The maximum atomic E-state index is 13.8. The van der Waals surface area contributed by atoms with Crippen LogP contribution < -0.4 is 5.32 Å². The summed E-state index contributed by atoms with van der Waals surface area (Å²) in [6.45, 7) is 1.83. The van der Waals surface area contributed by atoms with Crippen LogP contribution in [-0.4, -0.2) is 19.2 Å². The van der Waals surface area contributed by atoms with Gasteiger partial charge in [0.05, 0.1) is 5.92 Å². The summed E-state index contributed by atoms with van der Waals surface area (Å²) < 4.78 is 13.8. The first-order valence-corrected chi connectivity index (χ1v) is 6.55. The fourth-order valence-electron chi connectivity index (χ4n) is 1.98. The molecule has 104 valence electrons. The second-order valence-corrected chi connectivity index (χ2v) is 4.64. The Hall–Kier alpha value is -1.42. The number of amides is 1. The SMILES string of the molecule is CCc1cc(Cl)c(C(CCC=O)C(=O)NC)cc1F. The van der Waals surface area contributed by atoms with Crippen LogP contribution in [0.4, 0.5) is 4.39 Å². The second kappa shape index (κ2) is 7.24. The molecule has 3 nitrogen and oxygen atoms in total. The summed E-state index contributed by atoms with van der Waals surface area (Å²) in [5, 5.41) is 2.87. The summed E-state index contributed by atoms with van der Waals surface area (Å²) in [4.78, 5) is 22.3. The fourth-order valence-corrected chi connectivity index (χ4v) is 2.30. The Balaban J connectivity index is 3.17. The molecule has 1 rings (SSSR count). The average Bonchev–Trinajstić information content (AvgIpc) is 2.41. The molecule has 1 amide bonds. The molecule has 19 heavy (non-hydrogen) atoms. The quantitative estimate of drug-likeness (QED) is 0.817. The number of halogens is 2. The Morgan fingerprint density at radius 1 is 1.53 bits per heavy atom. The summed E-state index contributed by atoms with van der Waals surface area (Å²) in [6.07, 6.45) is 1.81. The summed E-state index contributed by atoms with van der Waals surface area (Å²) in [7, 11) is 1.50. The molecule has 0 bridgehead atoms. The highest BCUT2D eigenvalue weighted by Crippen LogP contribution is 2.30. The van der Waals surface area contributed by atoms with Crippen molar-refractivity contribution in [3.8, 4) is 0 Å². The fraction of sp³-hybridized carbons (Fsp3) is 0.429. The molecule has 0 fully saturated rings. The molecule has 5 heteroatoms. The molecule has 0 heterocycles. The number of hydrogen-bond acceptors (Lipinski definition) is 2. The van der Waals surface area contributed by atoms with E-state index in [4.69, 9.17) is 11.6 Å². The molecule has 0 aliphatic heterocycles. The van der Waals surface area contributed by atoms with Gasteiger partial charge < -0.3 is 10.1 Å². The molecule has 0 aromatic heterocycles. The van der Waals surface area contributed by atoms with Crippen molar-refractivity contribution in [3.63, 3.8) is 0 Å². The number of aldehydes is 1. The Kier molecular flexibility index (Phi) is 5.96. The lowest BCUT2D eigenvalue weighted by Crippen LogP contribution is -2.26. The topological polar surface area (TPSA) is 46.2 Å². The molecule has 1 atom stereocenters. The molecule has 0 spiro atoms. The smallest absolute Gasteiger partial charge is 0.227 e. The van der Waals surface area contributed by atoms with Gasteiger partial charge in [-0.1, -0.05) is 18.5 Å². The molecule has 0 aliphatic rings. The Morgan fingerprint density at radius 3 is 2.74 bits per heavy atom. The van der Waals surface area contributed by atoms with Gasteiger partial charge in [0.2, 0.25) is 5.91 Å². The number of hydrogen-bond donors (Lipinski definition) is 1. The third-order valence-electron chi connectivity index (χ3n) is 3.06. The molecule has 1 aromatic rings. The lowest BCUT2D eigenvalue weighted by Gasteiger charge is -2.17. The molecule has 1 N–H and O–H groups in total. The van der Waals surface area contributed by atoms with E-state index in [0.29, 0.717) is 29.0 Å². The third kappa shape index (κ3) is 3.77. The van der Waals surface area contributed by atoms with E-state index >= 15 is 0 Å².